The average Bonchev–Trinajstić information content (AvgIpc) is 2.50. The molecule has 0 saturated heterocycles. The maximum Gasteiger partial charge on any atom is 0.265 e. The van der Waals surface area contributed by atoms with E-state index in [2.05, 4.69) is 10.3 Å². The van der Waals surface area contributed by atoms with Gasteiger partial charge >= 0.3 is 0 Å². The van der Waals surface area contributed by atoms with Crippen molar-refractivity contribution in [2.24, 2.45) is 0 Å². The van der Waals surface area contributed by atoms with Crippen molar-refractivity contribution in [3.8, 4) is 5.75 Å². The first-order chi connectivity index (χ1) is 10.1. The van der Waals surface area contributed by atoms with Crippen LogP contribution in [-0.2, 0) is 4.79 Å². The number of anilines is 1. The average molecular weight is 302 g/mol. The number of carbonyl (C=O) groups is 1. The highest BCUT2D eigenvalue weighted by Crippen LogP contribution is 2.20. The monoisotopic (exact) mass is 302 g/mol. The highest BCUT2D eigenvalue weighted by Gasteiger charge is 2.15. The summed E-state index contributed by atoms with van der Waals surface area (Å²) < 4.78 is 5.65. The molecule has 0 spiro atoms. The second-order valence-corrected chi connectivity index (χ2v) is 5.50. The fourth-order valence-electron chi connectivity index (χ4n) is 1.76. The number of ether oxygens (including phenoxy) is 1. The molecule has 0 aliphatic carbocycles. The first-order valence-corrected chi connectivity index (χ1v) is 7.85. The van der Waals surface area contributed by atoms with Gasteiger partial charge < -0.3 is 10.1 Å². The van der Waals surface area contributed by atoms with Crippen LogP contribution in [0, 0.1) is 6.92 Å². The van der Waals surface area contributed by atoms with E-state index in [1.165, 1.54) is 0 Å². The molecule has 1 heterocycles. The molecule has 2 rings (SSSR count). The van der Waals surface area contributed by atoms with Crippen molar-refractivity contribution < 1.29 is 9.53 Å². The number of nitrogens with zero attached hydrogens (tertiary/aromatic N) is 1. The Balaban J connectivity index is 1.97. The highest BCUT2D eigenvalue weighted by atomic mass is 32.2. The van der Waals surface area contributed by atoms with E-state index in [0.29, 0.717) is 5.75 Å². The third kappa shape index (κ3) is 4.23. The van der Waals surface area contributed by atoms with E-state index in [1.54, 1.807) is 37.1 Å². The van der Waals surface area contributed by atoms with Crippen LogP contribution in [0.2, 0.25) is 0 Å². The van der Waals surface area contributed by atoms with Gasteiger partial charge in [-0.05, 0) is 56.0 Å². The molecular weight excluding hydrogens is 284 g/mol. The predicted molar refractivity (Wildman–Crippen MR) is 85.9 cm³/mol. The van der Waals surface area contributed by atoms with E-state index in [9.17, 15) is 4.79 Å². The van der Waals surface area contributed by atoms with Crippen LogP contribution < -0.4 is 10.1 Å². The number of hydrogen-bond acceptors (Lipinski definition) is 4. The van der Waals surface area contributed by atoms with Crippen molar-refractivity contribution in [2.45, 2.75) is 24.8 Å². The molecule has 0 unspecified atom stereocenters. The highest BCUT2D eigenvalue weighted by molar-refractivity contribution is 7.98. The molecule has 4 nitrogen and oxygen atoms in total. The number of pyridine rings is 1. The lowest BCUT2D eigenvalue weighted by atomic mass is 10.2. The van der Waals surface area contributed by atoms with Crippen molar-refractivity contribution in [2.75, 3.05) is 11.6 Å². The minimum atomic E-state index is -0.572. The SMILES string of the molecule is CSc1ccc(O[C@@H](C)C(=O)Nc2ccncc2C)cc1. The van der Waals surface area contributed by atoms with Gasteiger partial charge in [0.2, 0.25) is 0 Å². The van der Waals surface area contributed by atoms with E-state index in [-0.39, 0.29) is 5.91 Å². The smallest absolute Gasteiger partial charge is 0.265 e. The van der Waals surface area contributed by atoms with Crippen molar-refractivity contribution in [1.82, 2.24) is 4.98 Å². The normalized spacial score (nSPS) is 11.8. The summed E-state index contributed by atoms with van der Waals surface area (Å²) in [5.41, 5.74) is 1.67. The van der Waals surface area contributed by atoms with Gasteiger partial charge in [-0.3, -0.25) is 9.78 Å². The second-order valence-electron chi connectivity index (χ2n) is 4.62. The molecule has 1 amide bonds. The number of aryl methyl sites for hydroxylation is 1. The second kappa shape index (κ2) is 7.13. The molecule has 5 heteroatoms. The number of aromatic nitrogens is 1. The van der Waals surface area contributed by atoms with Gasteiger partial charge in [-0.2, -0.15) is 0 Å². The Kier molecular flexibility index (Phi) is 5.22. The zero-order valence-electron chi connectivity index (χ0n) is 12.3. The van der Waals surface area contributed by atoms with Crippen LogP contribution in [0.4, 0.5) is 5.69 Å². The fraction of sp³-hybridized carbons (Fsp3) is 0.250. The van der Waals surface area contributed by atoms with Crippen LogP contribution in [0.25, 0.3) is 0 Å². The third-order valence-electron chi connectivity index (χ3n) is 3.02. The quantitative estimate of drug-likeness (QED) is 0.859. The molecule has 0 aliphatic heterocycles. The first kappa shape index (κ1) is 15.4. The number of benzene rings is 1. The molecule has 1 aromatic carbocycles. The Morgan fingerprint density at radius 1 is 1.29 bits per heavy atom. The van der Waals surface area contributed by atoms with Gasteiger partial charge in [0.25, 0.3) is 5.91 Å². The van der Waals surface area contributed by atoms with Crippen LogP contribution in [0.1, 0.15) is 12.5 Å². The van der Waals surface area contributed by atoms with Crippen LogP contribution in [-0.4, -0.2) is 23.3 Å². The lowest BCUT2D eigenvalue weighted by molar-refractivity contribution is -0.122. The Hall–Kier alpha value is -2.01. The van der Waals surface area contributed by atoms with Gasteiger partial charge in [0.15, 0.2) is 6.10 Å². The number of thioether (sulfide) groups is 1. The standard InChI is InChI=1S/C16H18N2O2S/c1-11-10-17-9-8-15(11)18-16(19)12(2)20-13-4-6-14(21-3)7-5-13/h4-10,12H,1-3H3,(H,17,18,19)/t12-/m0/s1. The summed E-state index contributed by atoms with van der Waals surface area (Å²) in [6, 6.07) is 9.45. The molecule has 0 saturated carbocycles. The Bertz CT molecular complexity index is 614. The lowest BCUT2D eigenvalue weighted by Gasteiger charge is -2.15. The van der Waals surface area contributed by atoms with Crippen molar-refractivity contribution in [3.05, 3.63) is 48.3 Å². The summed E-state index contributed by atoms with van der Waals surface area (Å²) in [5, 5.41) is 2.84. The minimum Gasteiger partial charge on any atom is -0.481 e. The Morgan fingerprint density at radius 3 is 2.62 bits per heavy atom. The number of rotatable bonds is 5. The van der Waals surface area contributed by atoms with E-state index in [0.717, 1.165) is 16.1 Å². The van der Waals surface area contributed by atoms with E-state index in [1.807, 2.05) is 37.4 Å². The topological polar surface area (TPSA) is 51.2 Å². The zero-order valence-corrected chi connectivity index (χ0v) is 13.1. The van der Waals surface area contributed by atoms with Gasteiger partial charge in [0, 0.05) is 23.0 Å². The van der Waals surface area contributed by atoms with Gasteiger partial charge in [-0.1, -0.05) is 0 Å². The maximum absolute atomic E-state index is 12.1. The van der Waals surface area contributed by atoms with Gasteiger partial charge in [0.1, 0.15) is 5.75 Å². The summed E-state index contributed by atoms with van der Waals surface area (Å²) in [4.78, 5) is 17.3. The fourth-order valence-corrected chi connectivity index (χ4v) is 2.17. The van der Waals surface area contributed by atoms with Crippen LogP contribution >= 0.6 is 11.8 Å². The molecule has 110 valence electrons. The Morgan fingerprint density at radius 2 is 2.00 bits per heavy atom. The largest absolute Gasteiger partial charge is 0.481 e. The van der Waals surface area contributed by atoms with Gasteiger partial charge in [-0.15, -0.1) is 11.8 Å². The van der Waals surface area contributed by atoms with E-state index >= 15 is 0 Å². The van der Waals surface area contributed by atoms with Crippen molar-refractivity contribution >= 4 is 23.4 Å². The van der Waals surface area contributed by atoms with Gasteiger partial charge in [-0.25, -0.2) is 0 Å². The van der Waals surface area contributed by atoms with Crippen LogP contribution in [0.3, 0.4) is 0 Å². The van der Waals surface area contributed by atoms with Crippen molar-refractivity contribution in [1.29, 1.82) is 0 Å². The number of carbonyl (C=O) groups excluding carboxylic acids is 1. The minimum absolute atomic E-state index is 0.182. The van der Waals surface area contributed by atoms with Gasteiger partial charge in [0.05, 0.1) is 0 Å². The van der Waals surface area contributed by atoms with Crippen LogP contribution in [0.15, 0.2) is 47.6 Å². The lowest BCUT2D eigenvalue weighted by Crippen LogP contribution is -2.30. The molecule has 0 bridgehead atoms. The number of nitrogens with one attached hydrogen (secondary N) is 1. The van der Waals surface area contributed by atoms with E-state index < -0.39 is 6.10 Å². The molecule has 1 aromatic heterocycles. The predicted octanol–water partition coefficient (Wildman–Crippen LogP) is 3.52. The van der Waals surface area contributed by atoms with E-state index in [4.69, 9.17) is 4.74 Å². The molecule has 0 fully saturated rings. The zero-order chi connectivity index (χ0) is 15.2. The Labute approximate surface area is 128 Å². The van der Waals surface area contributed by atoms with Crippen molar-refractivity contribution in [3.63, 3.8) is 0 Å². The number of amides is 1. The summed E-state index contributed by atoms with van der Waals surface area (Å²) >= 11 is 1.67. The maximum atomic E-state index is 12.1. The molecular formula is C16H18N2O2S. The summed E-state index contributed by atoms with van der Waals surface area (Å²) in [7, 11) is 0. The molecule has 0 aliphatic rings. The molecule has 1 N–H and O–H groups in total. The molecule has 1 atom stereocenters. The summed E-state index contributed by atoms with van der Waals surface area (Å²) in [5.74, 6) is 0.500. The van der Waals surface area contributed by atoms with Crippen LogP contribution in [0.5, 0.6) is 5.75 Å². The summed E-state index contributed by atoms with van der Waals surface area (Å²) in [6.45, 7) is 3.63. The molecule has 2 aromatic rings. The number of hydrogen-bond donors (Lipinski definition) is 1. The molecule has 0 radical (unpaired) electrons. The summed E-state index contributed by atoms with van der Waals surface area (Å²) in [6.07, 6.45) is 4.80. The molecule has 21 heavy (non-hydrogen) atoms. The third-order valence-corrected chi connectivity index (χ3v) is 3.76. The first-order valence-electron chi connectivity index (χ1n) is 6.62.